The van der Waals surface area contributed by atoms with E-state index in [1.165, 1.54) is 0 Å². The zero-order chi connectivity index (χ0) is 23.8. The number of alkyl halides is 3. The van der Waals surface area contributed by atoms with Crippen LogP contribution in [0.25, 0.3) is 0 Å². The minimum absolute atomic E-state index is 0.0259. The molecule has 0 saturated heterocycles. The molecule has 3 rings (SSSR count). The highest BCUT2D eigenvalue weighted by molar-refractivity contribution is 6.05. The van der Waals surface area contributed by atoms with Gasteiger partial charge in [0.1, 0.15) is 0 Å². The van der Waals surface area contributed by atoms with Crippen LogP contribution in [0.3, 0.4) is 0 Å². The van der Waals surface area contributed by atoms with Gasteiger partial charge >= 0.3 is 12.3 Å². The van der Waals surface area contributed by atoms with Gasteiger partial charge in [0.05, 0.1) is 18.2 Å². The van der Waals surface area contributed by atoms with E-state index in [2.05, 4.69) is 16.0 Å². The summed E-state index contributed by atoms with van der Waals surface area (Å²) in [5.41, 5.74) is -0.670. The maximum absolute atomic E-state index is 12.8. The number of rotatable bonds is 5. The molecular formula is C23H31F3N4O3. The van der Waals surface area contributed by atoms with Gasteiger partial charge < -0.3 is 15.4 Å². The van der Waals surface area contributed by atoms with Crippen molar-refractivity contribution in [2.45, 2.75) is 82.6 Å². The average Bonchev–Trinajstić information content (AvgIpc) is 3.28. The zero-order valence-electron chi connectivity index (χ0n) is 18.7. The predicted molar refractivity (Wildman–Crippen MR) is 118 cm³/mol. The number of amides is 2. The topological polar surface area (TPSA) is 91.8 Å². The second kappa shape index (κ2) is 11.4. The highest BCUT2D eigenvalue weighted by Crippen LogP contribution is 2.29. The normalized spacial score (nSPS) is 22.0. The summed E-state index contributed by atoms with van der Waals surface area (Å²) in [6.45, 7) is 2.07. The Morgan fingerprint density at radius 1 is 0.970 bits per heavy atom. The molecule has 1 aromatic carbocycles. The average molecular weight is 469 g/mol. The summed E-state index contributed by atoms with van der Waals surface area (Å²) >= 11 is 0. The van der Waals surface area contributed by atoms with Gasteiger partial charge in [-0.2, -0.15) is 13.2 Å². The Hall–Kier alpha value is -2.78. The lowest BCUT2D eigenvalue weighted by molar-refractivity contribution is -0.137. The third-order valence-electron chi connectivity index (χ3n) is 6.01. The van der Waals surface area contributed by atoms with Crippen LogP contribution in [0.1, 0.15) is 74.2 Å². The summed E-state index contributed by atoms with van der Waals surface area (Å²) in [5.74, 6) is -0.153. The van der Waals surface area contributed by atoms with E-state index in [4.69, 9.17) is 9.73 Å². The molecule has 0 aliphatic heterocycles. The summed E-state index contributed by atoms with van der Waals surface area (Å²) in [4.78, 5) is 29.0. The Labute approximate surface area is 191 Å². The number of nitrogens with zero attached hydrogens (tertiary/aromatic N) is 1. The lowest BCUT2D eigenvalue weighted by Crippen LogP contribution is -2.46. The first kappa shape index (κ1) is 24.9. The van der Waals surface area contributed by atoms with Crippen LogP contribution in [0.4, 0.5) is 18.0 Å². The Bertz CT molecular complexity index is 828. The number of hydrogen-bond donors (Lipinski definition) is 3. The summed E-state index contributed by atoms with van der Waals surface area (Å²) in [6.07, 6.45) is 2.25. The van der Waals surface area contributed by atoms with Gasteiger partial charge in [0, 0.05) is 17.6 Å². The van der Waals surface area contributed by atoms with Crippen molar-refractivity contribution in [1.29, 1.82) is 0 Å². The number of halogens is 3. The summed E-state index contributed by atoms with van der Waals surface area (Å²) in [7, 11) is 0. The first-order valence-corrected chi connectivity index (χ1v) is 11.5. The molecule has 2 aliphatic rings. The van der Waals surface area contributed by atoms with Crippen LogP contribution in [0, 0.1) is 0 Å². The van der Waals surface area contributed by atoms with Crippen molar-refractivity contribution in [2.24, 2.45) is 4.99 Å². The maximum Gasteiger partial charge on any atom is 0.416 e. The van der Waals surface area contributed by atoms with Gasteiger partial charge in [0.15, 0.2) is 5.96 Å². The molecule has 10 heteroatoms. The quantitative estimate of drug-likeness (QED) is 0.442. The molecule has 7 nitrogen and oxygen atoms in total. The number of carbonyl (C=O) groups excluding carboxylic acids is 2. The van der Waals surface area contributed by atoms with Gasteiger partial charge in [-0.25, -0.2) is 9.79 Å². The number of ether oxygens (including phenoxy) is 1. The molecule has 0 atom stereocenters. The number of aliphatic imine (C=N–C) groups is 1. The lowest BCUT2D eigenvalue weighted by Gasteiger charge is -2.27. The number of nitrogens with one attached hydrogen (secondary N) is 3. The Morgan fingerprint density at radius 2 is 1.58 bits per heavy atom. The number of guanidine groups is 1. The third kappa shape index (κ3) is 7.64. The molecular weight excluding hydrogens is 437 g/mol. The van der Waals surface area contributed by atoms with Crippen LogP contribution in [0.5, 0.6) is 0 Å². The fourth-order valence-electron chi connectivity index (χ4n) is 4.23. The number of hydrogen-bond acceptors (Lipinski definition) is 4. The van der Waals surface area contributed by atoms with Crippen molar-refractivity contribution in [3.8, 4) is 0 Å². The van der Waals surface area contributed by atoms with Crippen LogP contribution in [0.2, 0.25) is 0 Å². The van der Waals surface area contributed by atoms with Gasteiger partial charge in [0.25, 0.3) is 5.91 Å². The smallest absolute Gasteiger partial charge is 0.416 e. The maximum atomic E-state index is 12.8. The van der Waals surface area contributed by atoms with Crippen LogP contribution in [-0.4, -0.2) is 42.7 Å². The fourth-order valence-corrected chi connectivity index (χ4v) is 4.23. The van der Waals surface area contributed by atoms with Gasteiger partial charge in [0.2, 0.25) is 0 Å². The Kier molecular flexibility index (Phi) is 8.57. The van der Waals surface area contributed by atoms with E-state index >= 15 is 0 Å². The summed E-state index contributed by atoms with van der Waals surface area (Å²) in [6, 6.07) is 4.33. The molecule has 3 N–H and O–H groups in total. The SMILES string of the molecule is CCOC(=O)NC1CCC(N=C(NC(=O)c2ccc(C(F)(F)F)cc2)NC2CCCC2)CC1. The molecule has 33 heavy (non-hydrogen) atoms. The van der Waals surface area contributed by atoms with Crippen LogP contribution >= 0.6 is 0 Å². The first-order valence-electron chi connectivity index (χ1n) is 11.5. The van der Waals surface area contributed by atoms with Crippen LogP contribution in [-0.2, 0) is 10.9 Å². The molecule has 0 unspecified atom stereocenters. The van der Waals surface area contributed by atoms with Crippen molar-refractivity contribution in [3.63, 3.8) is 0 Å². The molecule has 182 valence electrons. The second-order valence-electron chi connectivity index (χ2n) is 8.50. The lowest BCUT2D eigenvalue weighted by atomic mass is 9.91. The van der Waals surface area contributed by atoms with Crippen LogP contribution < -0.4 is 16.0 Å². The zero-order valence-corrected chi connectivity index (χ0v) is 18.7. The van der Waals surface area contributed by atoms with Crippen molar-refractivity contribution >= 4 is 18.0 Å². The molecule has 2 fully saturated rings. The molecule has 0 aromatic heterocycles. The molecule has 1 aromatic rings. The predicted octanol–water partition coefficient (Wildman–Crippen LogP) is 4.38. The van der Waals surface area contributed by atoms with Gasteiger partial charge in [-0.15, -0.1) is 0 Å². The number of benzene rings is 1. The van der Waals surface area contributed by atoms with Crippen molar-refractivity contribution in [1.82, 2.24) is 16.0 Å². The Morgan fingerprint density at radius 3 is 2.15 bits per heavy atom. The largest absolute Gasteiger partial charge is 0.450 e. The number of alkyl carbamates (subject to hydrolysis) is 1. The summed E-state index contributed by atoms with van der Waals surface area (Å²) < 4.78 is 43.3. The number of carbonyl (C=O) groups is 2. The van der Waals surface area contributed by atoms with E-state index in [1.54, 1.807) is 6.92 Å². The van der Waals surface area contributed by atoms with E-state index in [-0.39, 0.29) is 23.7 Å². The van der Waals surface area contributed by atoms with Gasteiger partial charge in [-0.3, -0.25) is 10.1 Å². The van der Waals surface area contributed by atoms with E-state index in [0.717, 1.165) is 75.6 Å². The fraction of sp³-hybridized carbons (Fsp3) is 0.609. The van der Waals surface area contributed by atoms with E-state index in [1.807, 2.05) is 0 Å². The first-order chi connectivity index (χ1) is 15.7. The molecule has 2 aliphatic carbocycles. The standard InChI is InChI=1S/C23H31F3N4O3/c1-2-33-22(32)29-19-13-11-18(12-14-19)28-21(27-17-5-3-4-6-17)30-20(31)15-7-9-16(10-8-15)23(24,25)26/h7-10,17-19H,2-6,11-14H2,1H3,(H,29,32)(H2,27,28,30,31). The Balaban J connectivity index is 1.63. The minimum Gasteiger partial charge on any atom is -0.450 e. The molecule has 0 heterocycles. The molecule has 0 spiro atoms. The van der Waals surface area contributed by atoms with Gasteiger partial charge in [-0.1, -0.05) is 12.8 Å². The summed E-state index contributed by atoms with van der Waals surface area (Å²) in [5, 5.41) is 8.91. The van der Waals surface area contributed by atoms with Crippen molar-refractivity contribution in [3.05, 3.63) is 35.4 Å². The molecule has 2 saturated carbocycles. The third-order valence-corrected chi connectivity index (χ3v) is 6.01. The van der Waals surface area contributed by atoms with Crippen LogP contribution in [0.15, 0.2) is 29.3 Å². The van der Waals surface area contributed by atoms with Gasteiger partial charge in [-0.05, 0) is 69.7 Å². The molecule has 0 radical (unpaired) electrons. The van der Waals surface area contributed by atoms with Crippen molar-refractivity contribution in [2.75, 3.05) is 6.61 Å². The minimum atomic E-state index is -4.45. The van der Waals surface area contributed by atoms with E-state index in [9.17, 15) is 22.8 Å². The molecule has 0 bridgehead atoms. The monoisotopic (exact) mass is 468 g/mol. The van der Waals surface area contributed by atoms with Crippen molar-refractivity contribution < 1.29 is 27.5 Å². The van der Waals surface area contributed by atoms with E-state index < -0.39 is 23.7 Å². The molecule has 2 amide bonds. The van der Waals surface area contributed by atoms with E-state index in [0.29, 0.717) is 12.6 Å². The highest BCUT2D eigenvalue weighted by Gasteiger charge is 2.30. The highest BCUT2D eigenvalue weighted by atomic mass is 19.4. The second-order valence-corrected chi connectivity index (χ2v) is 8.50.